The number of ether oxygens (including phenoxy) is 1. The highest BCUT2D eigenvalue weighted by Gasteiger charge is 2.26. The third-order valence-electron chi connectivity index (χ3n) is 3.32. The van der Waals surface area contributed by atoms with E-state index in [9.17, 15) is 8.42 Å². The van der Waals surface area contributed by atoms with E-state index in [4.69, 9.17) is 10.5 Å². The third kappa shape index (κ3) is 3.83. The van der Waals surface area contributed by atoms with Gasteiger partial charge in [-0.05, 0) is 31.0 Å². The van der Waals surface area contributed by atoms with E-state index in [1.54, 1.807) is 19.1 Å². The van der Waals surface area contributed by atoms with E-state index in [0.717, 1.165) is 5.56 Å². The molecule has 1 aliphatic heterocycles. The molecule has 1 aromatic rings. The number of nitrogens with two attached hydrogens (primary N) is 1. The first kappa shape index (κ1) is 16.0. The molecule has 2 N–H and O–H groups in total. The second-order valence-corrected chi connectivity index (χ2v) is 6.76. The largest absolute Gasteiger partial charge is 0.380 e. The van der Waals surface area contributed by atoms with Crippen LogP contribution < -0.4 is 5.73 Å². The number of aryl methyl sites for hydroxylation is 1. The highest BCUT2D eigenvalue weighted by molar-refractivity contribution is 7.89. The summed E-state index contributed by atoms with van der Waals surface area (Å²) in [5.74, 6) is 5.62. The lowest BCUT2D eigenvalue weighted by Gasteiger charge is -2.20. The molecule has 0 bridgehead atoms. The Hall–Kier alpha value is -1.39. The fourth-order valence-corrected chi connectivity index (χ4v) is 3.92. The highest BCUT2D eigenvalue weighted by Crippen LogP contribution is 2.22. The van der Waals surface area contributed by atoms with Gasteiger partial charge in [-0.2, -0.15) is 4.31 Å². The SMILES string of the molecule is Cc1ccc(C#CCN)cc1S(=O)(=O)N1CCCOCC1. The Balaban J connectivity index is 2.38. The zero-order valence-electron chi connectivity index (χ0n) is 12.1. The fraction of sp³-hybridized carbons (Fsp3) is 0.467. The molecule has 0 aliphatic carbocycles. The summed E-state index contributed by atoms with van der Waals surface area (Å²) in [6.07, 6.45) is 0.713. The van der Waals surface area contributed by atoms with Crippen LogP contribution in [0.1, 0.15) is 17.5 Å². The summed E-state index contributed by atoms with van der Waals surface area (Å²) in [6.45, 7) is 3.96. The zero-order valence-corrected chi connectivity index (χ0v) is 12.9. The summed E-state index contributed by atoms with van der Waals surface area (Å²) in [5.41, 5.74) is 6.73. The topological polar surface area (TPSA) is 72.6 Å². The quantitative estimate of drug-likeness (QED) is 0.817. The molecule has 114 valence electrons. The van der Waals surface area contributed by atoms with Gasteiger partial charge < -0.3 is 10.5 Å². The van der Waals surface area contributed by atoms with Crippen molar-refractivity contribution < 1.29 is 13.2 Å². The van der Waals surface area contributed by atoms with Gasteiger partial charge in [-0.1, -0.05) is 17.9 Å². The maximum Gasteiger partial charge on any atom is 0.243 e. The summed E-state index contributed by atoms with van der Waals surface area (Å²) >= 11 is 0. The lowest BCUT2D eigenvalue weighted by atomic mass is 10.1. The molecular weight excluding hydrogens is 288 g/mol. The molecule has 0 aromatic heterocycles. The van der Waals surface area contributed by atoms with Gasteiger partial charge in [0.05, 0.1) is 18.0 Å². The van der Waals surface area contributed by atoms with Crippen molar-refractivity contribution in [3.05, 3.63) is 29.3 Å². The smallest absolute Gasteiger partial charge is 0.243 e. The summed E-state index contributed by atoms with van der Waals surface area (Å²) < 4.78 is 32.4. The van der Waals surface area contributed by atoms with Gasteiger partial charge >= 0.3 is 0 Å². The predicted octanol–water partition coefficient (Wildman–Crippen LogP) is 0.716. The molecule has 0 radical (unpaired) electrons. The van der Waals surface area contributed by atoms with Crippen molar-refractivity contribution in [2.24, 2.45) is 5.73 Å². The summed E-state index contributed by atoms with van der Waals surface area (Å²) in [5, 5.41) is 0. The van der Waals surface area contributed by atoms with Gasteiger partial charge in [0, 0.05) is 25.3 Å². The lowest BCUT2D eigenvalue weighted by Crippen LogP contribution is -2.33. The third-order valence-corrected chi connectivity index (χ3v) is 5.36. The van der Waals surface area contributed by atoms with Gasteiger partial charge in [-0.15, -0.1) is 0 Å². The Kier molecular flexibility index (Phi) is 5.37. The molecule has 0 unspecified atom stereocenters. The van der Waals surface area contributed by atoms with Crippen LogP contribution in [0.5, 0.6) is 0 Å². The zero-order chi connectivity index (χ0) is 15.3. The summed E-state index contributed by atoms with van der Waals surface area (Å²) in [4.78, 5) is 0.313. The van der Waals surface area contributed by atoms with Gasteiger partial charge in [-0.25, -0.2) is 8.42 Å². The molecule has 1 saturated heterocycles. The van der Waals surface area contributed by atoms with Gasteiger partial charge in [0.25, 0.3) is 0 Å². The first-order valence-electron chi connectivity index (χ1n) is 6.93. The van der Waals surface area contributed by atoms with E-state index in [1.165, 1.54) is 4.31 Å². The van der Waals surface area contributed by atoms with E-state index in [-0.39, 0.29) is 6.54 Å². The Bertz CT molecular complexity index is 651. The monoisotopic (exact) mass is 308 g/mol. The van der Waals surface area contributed by atoms with Gasteiger partial charge in [0.1, 0.15) is 0 Å². The molecule has 1 aromatic carbocycles. The standard InChI is InChI=1S/C15H20N2O3S/c1-13-5-6-14(4-2-7-16)12-15(13)21(18,19)17-8-3-10-20-11-9-17/h5-6,12H,3,7-11,16H2,1H3. The second-order valence-electron chi connectivity index (χ2n) is 4.86. The molecule has 1 fully saturated rings. The predicted molar refractivity (Wildman–Crippen MR) is 81.3 cm³/mol. The van der Waals surface area contributed by atoms with Crippen molar-refractivity contribution in [3.63, 3.8) is 0 Å². The summed E-state index contributed by atoms with van der Waals surface area (Å²) in [7, 11) is -3.51. The van der Waals surface area contributed by atoms with E-state index >= 15 is 0 Å². The highest BCUT2D eigenvalue weighted by atomic mass is 32.2. The first-order chi connectivity index (χ1) is 10.1. The Morgan fingerprint density at radius 1 is 1.33 bits per heavy atom. The number of nitrogens with zero attached hydrogens (tertiary/aromatic N) is 1. The van der Waals surface area contributed by atoms with Crippen LogP contribution in [0.15, 0.2) is 23.1 Å². The van der Waals surface area contributed by atoms with Crippen molar-refractivity contribution in [2.75, 3.05) is 32.8 Å². The first-order valence-corrected chi connectivity index (χ1v) is 8.37. The van der Waals surface area contributed by atoms with Crippen molar-refractivity contribution in [1.82, 2.24) is 4.31 Å². The van der Waals surface area contributed by atoms with Crippen molar-refractivity contribution in [1.29, 1.82) is 0 Å². The average Bonchev–Trinajstić information content (AvgIpc) is 2.75. The molecule has 1 heterocycles. The van der Waals surface area contributed by atoms with Crippen LogP contribution in [0.4, 0.5) is 0 Å². The van der Waals surface area contributed by atoms with Crippen LogP contribution in [0.2, 0.25) is 0 Å². The molecule has 21 heavy (non-hydrogen) atoms. The van der Waals surface area contributed by atoms with Crippen molar-refractivity contribution in [3.8, 4) is 11.8 Å². The minimum atomic E-state index is -3.51. The molecule has 5 nitrogen and oxygen atoms in total. The Labute approximate surface area is 126 Å². The molecule has 1 aliphatic rings. The number of hydrogen-bond acceptors (Lipinski definition) is 4. The molecule has 6 heteroatoms. The minimum absolute atomic E-state index is 0.249. The van der Waals surface area contributed by atoms with Crippen LogP contribution in [0.3, 0.4) is 0 Å². The number of rotatable bonds is 2. The van der Waals surface area contributed by atoms with Gasteiger partial charge in [0.15, 0.2) is 0 Å². The van der Waals surface area contributed by atoms with E-state index in [2.05, 4.69) is 11.8 Å². The van der Waals surface area contributed by atoms with Crippen LogP contribution in [0, 0.1) is 18.8 Å². The molecule has 0 spiro atoms. The number of benzene rings is 1. The molecule has 0 amide bonds. The lowest BCUT2D eigenvalue weighted by molar-refractivity contribution is 0.148. The molecule has 0 saturated carbocycles. The summed E-state index contributed by atoms with van der Waals surface area (Å²) in [6, 6.07) is 5.21. The normalized spacial score (nSPS) is 16.9. The number of sulfonamides is 1. The van der Waals surface area contributed by atoms with Gasteiger partial charge in [0.2, 0.25) is 10.0 Å². The van der Waals surface area contributed by atoms with E-state index in [1.807, 2.05) is 6.07 Å². The minimum Gasteiger partial charge on any atom is -0.380 e. The van der Waals surface area contributed by atoms with Crippen LogP contribution in [-0.2, 0) is 14.8 Å². The number of hydrogen-bond donors (Lipinski definition) is 1. The van der Waals surface area contributed by atoms with Crippen molar-refractivity contribution >= 4 is 10.0 Å². The average molecular weight is 308 g/mol. The molecule has 2 rings (SSSR count). The van der Waals surface area contributed by atoms with Crippen LogP contribution in [0.25, 0.3) is 0 Å². The van der Waals surface area contributed by atoms with E-state index < -0.39 is 10.0 Å². The maximum absolute atomic E-state index is 12.8. The Morgan fingerprint density at radius 2 is 2.14 bits per heavy atom. The molecular formula is C15H20N2O3S. The van der Waals surface area contributed by atoms with Gasteiger partial charge in [-0.3, -0.25) is 0 Å². The van der Waals surface area contributed by atoms with Crippen LogP contribution in [-0.4, -0.2) is 45.6 Å². The molecule has 0 atom stereocenters. The van der Waals surface area contributed by atoms with Crippen molar-refractivity contribution in [2.45, 2.75) is 18.2 Å². The van der Waals surface area contributed by atoms with Crippen LogP contribution >= 0.6 is 0 Å². The van der Waals surface area contributed by atoms with E-state index in [0.29, 0.717) is 43.2 Å². The second kappa shape index (κ2) is 7.05. The maximum atomic E-state index is 12.8. The Morgan fingerprint density at radius 3 is 2.90 bits per heavy atom. The fourth-order valence-electron chi connectivity index (χ4n) is 2.21.